The summed E-state index contributed by atoms with van der Waals surface area (Å²) >= 11 is 0. The molecule has 3 rings (SSSR count). The van der Waals surface area contributed by atoms with Crippen molar-refractivity contribution in [3.8, 4) is 6.07 Å². The second-order valence-corrected chi connectivity index (χ2v) is 8.71. The summed E-state index contributed by atoms with van der Waals surface area (Å²) in [6.45, 7) is 12.5. The zero-order valence-corrected chi connectivity index (χ0v) is 14.9. The van der Waals surface area contributed by atoms with Crippen molar-refractivity contribution in [3.63, 3.8) is 0 Å². The van der Waals surface area contributed by atoms with Crippen LogP contribution >= 0.6 is 0 Å². The SMILES string of the molecule is CC1(C)C(=O)C(C#N)=C[C@]2(C)c3nn(C(C)(C)C)cc3CC[C@@H]12. The van der Waals surface area contributed by atoms with E-state index in [9.17, 15) is 10.1 Å². The van der Waals surface area contributed by atoms with E-state index in [1.165, 1.54) is 5.56 Å². The van der Waals surface area contributed by atoms with Crippen LogP contribution in [-0.4, -0.2) is 15.6 Å². The molecule has 0 amide bonds. The Morgan fingerprint density at radius 2 is 2.00 bits per heavy atom. The normalized spacial score (nSPS) is 29.3. The van der Waals surface area contributed by atoms with Crippen LogP contribution in [0.3, 0.4) is 0 Å². The van der Waals surface area contributed by atoms with Gasteiger partial charge in [-0.15, -0.1) is 0 Å². The Kier molecular flexibility index (Phi) is 3.17. The second-order valence-electron chi connectivity index (χ2n) is 8.71. The molecule has 0 bridgehead atoms. The molecule has 4 nitrogen and oxygen atoms in total. The predicted octanol–water partition coefficient (Wildman–Crippen LogP) is 3.52. The van der Waals surface area contributed by atoms with Crippen molar-refractivity contribution in [2.45, 2.75) is 65.3 Å². The Bertz CT molecular complexity index is 755. The van der Waals surface area contributed by atoms with E-state index in [0.29, 0.717) is 0 Å². The molecule has 4 heteroatoms. The molecule has 0 radical (unpaired) electrons. The van der Waals surface area contributed by atoms with Gasteiger partial charge in [-0.2, -0.15) is 10.4 Å². The number of ketones is 1. The Hall–Kier alpha value is -1.89. The largest absolute Gasteiger partial charge is 0.293 e. The van der Waals surface area contributed by atoms with Crippen LogP contribution in [0.5, 0.6) is 0 Å². The molecule has 2 atom stereocenters. The van der Waals surface area contributed by atoms with Crippen molar-refractivity contribution in [1.29, 1.82) is 5.26 Å². The van der Waals surface area contributed by atoms with E-state index in [-0.39, 0.29) is 28.2 Å². The summed E-state index contributed by atoms with van der Waals surface area (Å²) in [6, 6.07) is 2.11. The highest BCUT2D eigenvalue weighted by molar-refractivity contribution is 6.04. The summed E-state index contributed by atoms with van der Waals surface area (Å²) in [6.07, 6.45) is 5.91. The van der Waals surface area contributed by atoms with Crippen molar-refractivity contribution in [3.05, 3.63) is 29.1 Å². The number of nitriles is 1. The first-order chi connectivity index (χ1) is 10.5. The average molecular weight is 311 g/mol. The van der Waals surface area contributed by atoms with E-state index in [1.54, 1.807) is 0 Å². The molecular weight excluding hydrogens is 286 g/mol. The number of nitrogens with zero attached hydrogens (tertiary/aromatic N) is 3. The van der Waals surface area contributed by atoms with E-state index in [1.807, 2.05) is 24.6 Å². The van der Waals surface area contributed by atoms with Gasteiger partial charge in [-0.3, -0.25) is 9.48 Å². The van der Waals surface area contributed by atoms with Gasteiger partial charge in [-0.05, 0) is 45.1 Å². The van der Waals surface area contributed by atoms with Crippen molar-refractivity contribution >= 4 is 5.78 Å². The molecule has 2 aliphatic carbocycles. The summed E-state index contributed by atoms with van der Waals surface area (Å²) in [4.78, 5) is 12.6. The van der Waals surface area contributed by atoms with E-state index in [4.69, 9.17) is 5.10 Å². The maximum atomic E-state index is 12.6. The lowest BCUT2D eigenvalue weighted by atomic mass is 9.52. The Balaban J connectivity index is 2.24. The summed E-state index contributed by atoms with van der Waals surface area (Å²) < 4.78 is 2.02. The Morgan fingerprint density at radius 3 is 2.57 bits per heavy atom. The van der Waals surface area contributed by atoms with Gasteiger partial charge < -0.3 is 0 Å². The van der Waals surface area contributed by atoms with Crippen molar-refractivity contribution in [1.82, 2.24) is 9.78 Å². The molecule has 0 N–H and O–H groups in total. The third kappa shape index (κ3) is 2.09. The number of hydrogen-bond acceptors (Lipinski definition) is 3. The number of aromatic nitrogens is 2. The number of allylic oxidation sites excluding steroid dienone is 2. The quantitative estimate of drug-likeness (QED) is 0.736. The molecule has 1 aromatic heterocycles. The molecule has 2 aliphatic rings. The van der Waals surface area contributed by atoms with Gasteiger partial charge in [0.1, 0.15) is 6.07 Å². The van der Waals surface area contributed by atoms with Gasteiger partial charge in [0.05, 0.1) is 16.8 Å². The fourth-order valence-corrected chi connectivity index (χ4v) is 4.39. The molecule has 1 aromatic rings. The predicted molar refractivity (Wildman–Crippen MR) is 88.9 cm³/mol. The first-order valence-electron chi connectivity index (χ1n) is 8.29. The summed E-state index contributed by atoms with van der Waals surface area (Å²) in [5.41, 5.74) is 1.61. The number of Topliss-reactive ketones (excluding diaryl/α,β-unsaturated/α-hetero) is 1. The van der Waals surface area contributed by atoms with Gasteiger partial charge in [-0.1, -0.05) is 26.8 Å². The first-order valence-corrected chi connectivity index (χ1v) is 8.29. The topological polar surface area (TPSA) is 58.7 Å². The van der Waals surface area contributed by atoms with Gasteiger partial charge in [-0.25, -0.2) is 0 Å². The van der Waals surface area contributed by atoms with Crippen molar-refractivity contribution in [2.75, 3.05) is 0 Å². The minimum absolute atomic E-state index is 0.0267. The maximum absolute atomic E-state index is 12.6. The van der Waals surface area contributed by atoms with E-state index < -0.39 is 5.41 Å². The fourth-order valence-electron chi connectivity index (χ4n) is 4.39. The second kappa shape index (κ2) is 4.56. The van der Waals surface area contributed by atoms with Gasteiger partial charge in [0, 0.05) is 17.0 Å². The number of carbonyl (C=O) groups is 1. The van der Waals surface area contributed by atoms with E-state index in [2.05, 4.69) is 40.0 Å². The minimum Gasteiger partial charge on any atom is -0.293 e. The summed E-state index contributed by atoms with van der Waals surface area (Å²) in [5.74, 6) is 0.150. The van der Waals surface area contributed by atoms with Gasteiger partial charge in [0.25, 0.3) is 0 Å². The Labute approximate surface area is 138 Å². The average Bonchev–Trinajstić information content (AvgIpc) is 2.88. The number of hydrogen-bond donors (Lipinski definition) is 0. The number of carbonyl (C=O) groups excluding carboxylic acids is 1. The van der Waals surface area contributed by atoms with Crippen LogP contribution in [0.2, 0.25) is 0 Å². The molecule has 0 saturated carbocycles. The molecule has 0 aliphatic heterocycles. The van der Waals surface area contributed by atoms with Crippen LogP contribution in [0.1, 0.15) is 59.2 Å². The van der Waals surface area contributed by atoms with E-state index >= 15 is 0 Å². The lowest BCUT2D eigenvalue weighted by molar-refractivity contribution is -0.128. The third-order valence-corrected chi connectivity index (χ3v) is 5.68. The summed E-state index contributed by atoms with van der Waals surface area (Å²) in [7, 11) is 0. The number of fused-ring (bicyclic) bond motifs is 3. The zero-order valence-electron chi connectivity index (χ0n) is 14.9. The minimum atomic E-state index is -0.530. The monoisotopic (exact) mass is 311 g/mol. The molecule has 122 valence electrons. The van der Waals surface area contributed by atoms with Crippen molar-refractivity contribution < 1.29 is 4.79 Å². The van der Waals surface area contributed by atoms with Crippen LogP contribution in [0.15, 0.2) is 17.8 Å². The lowest BCUT2D eigenvalue weighted by Gasteiger charge is -2.49. The molecule has 0 saturated heterocycles. The summed E-state index contributed by atoms with van der Waals surface area (Å²) in [5, 5.41) is 14.3. The molecule has 0 unspecified atom stereocenters. The Morgan fingerprint density at radius 1 is 1.35 bits per heavy atom. The van der Waals surface area contributed by atoms with Crippen LogP contribution < -0.4 is 0 Å². The zero-order chi connectivity index (χ0) is 17.2. The molecule has 0 fully saturated rings. The molecular formula is C19H25N3O. The van der Waals surface area contributed by atoms with Crippen LogP contribution in [0, 0.1) is 22.7 Å². The third-order valence-electron chi connectivity index (χ3n) is 5.68. The molecule has 1 heterocycles. The number of rotatable bonds is 0. The molecule has 0 aromatic carbocycles. The highest BCUT2D eigenvalue weighted by atomic mass is 16.1. The van der Waals surface area contributed by atoms with Crippen LogP contribution in [0.25, 0.3) is 0 Å². The van der Waals surface area contributed by atoms with Gasteiger partial charge in [0.2, 0.25) is 0 Å². The smallest absolute Gasteiger partial charge is 0.178 e. The lowest BCUT2D eigenvalue weighted by Crippen LogP contribution is -2.51. The number of aryl methyl sites for hydroxylation is 1. The first kappa shape index (κ1) is 16.0. The maximum Gasteiger partial charge on any atom is 0.178 e. The molecule has 23 heavy (non-hydrogen) atoms. The van der Waals surface area contributed by atoms with Crippen LogP contribution in [0.4, 0.5) is 0 Å². The highest BCUT2D eigenvalue weighted by Crippen LogP contribution is 2.54. The van der Waals surface area contributed by atoms with Gasteiger partial charge in [0.15, 0.2) is 5.78 Å². The van der Waals surface area contributed by atoms with Crippen molar-refractivity contribution in [2.24, 2.45) is 11.3 Å². The standard InChI is InChI=1S/C19H25N3O/c1-17(2,3)22-11-12-7-8-14-18(4,5)16(23)13(10-20)9-19(14,6)15(12)21-22/h9,11,14H,7-8H2,1-6H3/t14-,19-/m0/s1. The van der Waals surface area contributed by atoms with Crippen LogP contribution in [-0.2, 0) is 22.2 Å². The highest BCUT2D eigenvalue weighted by Gasteiger charge is 2.55. The van der Waals surface area contributed by atoms with E-state index in [0.717, 1.165) is 18.5 Å². The fraction of sp³-hybridized carbons (Fsp3) is 0.632. The van der Waals surface area contributed by atoms with Gasteiger partial charge >= 0.3 is 0 Å². The molecule has 0 spiro atoms.